The van der Waals surface area contributed by atoms with Gasteiger partial charge in [-0.1, -0.05) is 0 Å². The largest absolute Gasteiger partial charge is 0.490 e. The summed E-state index contributed by atoms with van der Waals surface area (Å²) in [6, 6.07) is 3.67. The molecule has 1 aromatic carbocycles. The molecule has 7 nitrogen and oxygen atoms in total. The third kappa shape index (κ3) is 5.67. The van der Waals surface area contributed by atoms with Crippen LogP contribution < -0.4 is 30.4 Å². The average molecular weight is 367 g/mol. The van der Waals surface area contributed by atoms with Crippen molar-refractivity contribution in [2.24, 2.45) is 0 Å². The standard InChI is InChI=1S/C17H25N3O4S/c1-4-22-13-9-11(10-14(23-5-2)15(13)24-6-3)16(21)19-20-17(25)18-12-7-8-12/h9-10,12H,4-8H2,1-3H3,(H,19,21)(H2,18,20,25). The number of ether oxygens (including phenoxy) is 3. The molecule has 138 valence electrons. The predicted octanol–water partition coefficient (Wildman–Crippen LogP) is 2.15. The van der Waals surface area contributed by atoms with Crippen LogP contribution in [0.3, 0.4) is 0 Å². The topological polar surface area (TPSA) is 80.9 Å². The molecular weight excluding hydrogens is 342 g/mol. The van der Waals surface area contributed by atoms with Crippen LogP contribution in [-0.4, -0.2) is 36.9 Å². The van der Waals surface area contributed by atoms with Crippen LogP contribution in [0.1, 0.15) is 44.0 Å². The zero-order valence-corrected chi connectivity index (χ0v) is 15.6. The van der Waals surface area contributed by atoms with Crippen molar-refractivity contribution in [1.82, 2.24) is 16.2 Å². The number of nitrogens with one attached hydrogen (secondary N) is 3. The average Bonchev–Trinajstić information content (AvgIpc) is 3.39. The van der Waals surface area contributed by atoms with Crippen molar-refractivity contribution in [1.29, 1.82) is 0 Å². The minimum Gasteiger partial charge on any atom is -0.490 e. The van der Waals surface area contributed by atoms with Crippen LogP contribution in [-0.2, 0) is 0 Å². The Kier molecular flexibility index (Phi) is 7.12. The highest BCUT2D eigenvalue weighted by Crippen LogP contribution is 2.39. The van der Waals surface area contributed by atoms with Crippen LogP contribution in [0, 0.1) is 0 Å². The Morgan fingerprint density at radius 1 is 1.04 bits per heavy atom. The molecule has 1 aromatic rings. The molecule has 25 heavy (non-hydrogen) atoms. The minimum atomic E-state index is -0.343. The van der Waals surface area contributed by atoms with Gasteiger partial charge in [0.05, 0.1) is 19.8 Å². The summed E-state index contributed by atoms with van der Waals surface area (Å²) in [6.45, 7) is 6.98. The molecule has 1 amide bonds. The zero-order valence-electron chi connectivity index (χ0n) is 14.8. The van der Waals surface area contributed by atoms with Gasteiger partial charge in [0.2, 0.25) is 5.75 Å². The van der Waals surface area contributed by atoms with Crippen molar-refractivity contribution in [3.8, 4) is 17.2 Å². The summed E-state index contributed by atoms with van der Waals surface area (Å²) in [4.78, 5) is 12.4. The summed E-state index contributed by atoms with van der Waals surface area (Å²) in [7, 11) is 0. The van der Waals surface area contributed by atoms with Gasteiger partial charge in [-0.2, -0.15) is 0 Å². The molecule has 1 aliphatic carbocycles. The molecule has 0 aromatic heterocycles. The van der Waals surface area contributed by atoms with Crippen LogP contribution in [0.5, 0.6) is 17.2 Å². The first-order chi connectivity index (χ1) is 12.1. The molecule has 0 spiro atoms. The van der Waals surface area contributed by atoms with Gasteiger partial charge in [0.15, 0.2) is 16.6 Å². The van der Waals surface area contributed by atoms with Crippen molar-refractivity contribution in [2.45, 2.75) is 39.7 Å². The maximum absolute atomic E-state index is 12.4. The van der Waals surface area contributed by atoms with Crippen molar-refractivity contribution in [2.75, 3.05) is 19.8 Å². The summed E-state index contributed by atoms with van der Waals surface area (Å²) >= 11 is 5.12. The van der Waals surface area contributed by atoms with Crippen molar-refractivity contribution >= 4 is 23.2 Å². The lowest BCUT2D eigenvalue weighted by molar-refractivity contribution is 0.0942. The summed E-state index contributed by atoms with van der Waals surface area (Å²) in [5, 5.41) is 3.49. The number of carbonyl (C=O) groups excluding carboxylic acids is 1. The predicted molar refractivity (Wildman–Crippen MR) is 99.3 cm³/mol. The first-order valence-electron chi connectivity index (χ1n) is 8.52. The van der Waals surface area contributed by atoms with Crippen molar-refractivity contribution in [3.63, 3.8) is 0 Å². The molecule has 1 aliphatic rings. The Bertz CT molecular complexity index is 593. The third-order valence-electron chi connectivity index (χ3n) is 3.37. The van der Waals surface area contributed by atoms with E-state index in [4.69, 9.17) is 26.4 Å². The maximum Gasteiger partial charge on any atom is 0.269 e. The zero-order chi connectivity index (χ0) is 18.2. The van der Waals surface area contributed by atoms with Gasteiger partial charge in [-0.05, 0) is 58.0 Å². The van der Waals surface area contributed by atoms with E-state index in [1.807, 2.05) is 20.8 Å². The van der Waals surface area contributed by atoms with E-state index in [0.29, 0.717) is 53.8 Å². The third-order valence-corrected chi connectivity index (χ3v) is 3.59. The fourth-order valence-electron chi connectivity index (χ4n) is 2.15. The SMILES string of the molecule is CCOc1cc(C(=O)NNC(=S)NC2CC2)cc(OCC)c1OCC. The smallest absolute Gasteiger partial charge is 0.269 e. The maximum atomic E-state index is 12.4. The van der Waals surface area contributed by atoms with Crippen LogP contribution >= 0.6 is 12.2 Å². The number of thiocarbonyl (C=S) groups is 1. The second-order valence-electron chi connectivity index (χ2n) is 5.43. The minimum absolute atomic E-state index is 0.343. The van der Waals surface area contributed by atoms with E-state index < -0.39 is 0 Å². The van der Waals surface area contributed by atoms with Gasteiger partial charge in [0, 0.05) is 11.6 Å². The van der Waals surface area contributed by atoms with E-state index >= 15 is 0 Å². The molecule has 0 saturated heterocycles. The lowest BCUT2D eigenvalue weighted by Gasteiger charge is -2.17. The second-order valence-corrected chi connectivity index (χ2v) is 5.84. The number of amides is 1. The lowest BCUT2D eigenvalue weighted by Crippen LogP contribution is -2.47. The van der Waals surface area contributed by atoms with Gasteiger partial charge >= 0.3 is 0 Å². The van der Waals surface area contributed by atoms with E-state index in [2.05, 4.69) is 16.2 Å². The van der Waals surface area contributed by atoms with E-state index in [9.17, 15) is 4.79 Å². The van der Waals surface area contributed by atoms with Gasteiger partial charge in [0.25, 0.3) is 5.91 Å². The van der Waals surface area contributed by atoms with Crippen molar-refractivity contribution < 1.29 is 19.0 Å². The lowest BCUT2D eigenvalue weighted by atomic mass is 10.1. The van der Waals surface area contributed by atoms with Gasteiger partial charge in [-0.3, -0.25) is 15.6 Å². The Morgan fingerprint density at radius 2 is 1.60 bits per heavy atom. The van der Waals surface area contributed by atoms with Crippen LogP contribution in [0.2, 0.25) is 0 Å². The van der Waals surface area contributed by atoms with Gasteiger partial charge in [-0.25, -0.2) is 0 Å². The number of rotatable bonds is 8. The molecule has 3 N–H and O–H groups in total. The first kappa shape index (κ1) is 19.1. The number of carbonyl (C=O) groups is 1. The highest BCUT2D eigenvalue weighted by atomic mass is 32.1. The molecule has 0 heterocycles. The monoisotopic (exact) mass is 367 g/mol. The van der Waals surface area contributed by atoms with E-state index in [1.54, 1.807) is 12.1 Å². The van der Waals surface area contributed by atoms with Gasteiger partial charge < -0.3 is 19.5 Å². The Balaban J connectivity index is 2.13. The normalized spacial score (nSPS) is 12.9. The first-order valence-corrected chi connectivity index (χ1v) is 8.93. The Labute approximate surface area is 153 Å². The summed E-state index contributed by atoms with van der Waals surface area (Å²) in [6.07, 6.45) is 2.20. The Hall–Kier alpha value is -2.22. The van der Waals surface area contributed by atoms with E-state index in [-0.39, 0.29) is 5.91 Å². The molecule has 0 radical (unpaired) electrons. The molecule has 1 fully saturated rings. The van der Waals surface area contributed by atoms with Gasteiger partial charge in [0.1, 0.15) is 0 Å². The molecule has 1 saturated carbocycles. The molecule has 0 aliphatic heterocycles. The summed E-state index contributed by atoms with van der Waals surface area (Å²) in [5.74, 6) is 1.10. The van der Waals surface area contributed by atoms with Crippen molar-refractivity contribution in [3.05, 3.63) is 17.7 Å². The quantitative estimate of drug-likeness (QED) is 0.480. The number of hydrazine groups is 1. The fourth-order valence-corrected chi connectivity index (χ4v) is 2.37. The van der Waals surface area contributed by atoms with Gasteiger partial charge in [-0.15, -0.1) is 0 Å². The Morgan fingerprint density at radius 3 is 2.08 bits per heavy atom. The molecule has 8 heteroatoms. The van der Waals surface area contributed by atoms with Crippen LogP contribution in [0.15, 0.2) is 12.1 Å². The van der Waals surface area contributed by atoms with E-state index in [1.165, 1.54) is 0 Å². The van der Waals surface area contributed by atoms with E-state index in [0.717, 1.165) is 12.8 Å². The molecule has 0 bridgehead atoms. The summed E-state index contributed by atoms with van der Waals surface area (Å²) < 4.78 is 16.8. The molecular formula is C17H25N3O4S. The molecule has 0 unspecified atom stereocenters. The van der Waals surface area contributed by atoms with Crippen LogP contribution in [0.25, 0.3) is 0 Å². The molecule has 2 rings (SSSR count). The molecule has 0 atom stereocenters. The highest BCUT2D eigenvalue weighted by Gasteiger charge is 2.22. The number of hydrogen-bond donors (Lipinski definition) is 3. The highest BCUT2D eigenvalue weighted by molar-refractivity contribution is 7.80. The summed E-state index contributed by atoms with van der Waals surface area (Å²) in [5.41, 5.74) is 5.67. The fraction of sp³-hybridized carbons (Fsp3) is 0.529. The van der Waals surface area contributed by atoms with Crippen LogP contribution in [0.4, 0.5) is 0 Å². The number of hydrogen-bond acceptors (Lipinski definition) is 5. The number of benzene rings is 1. The second kappa shape index (κ2) is 9.31.